The molecule has 0 amide bonds. The zero-order chi connectivity index (χ0) is 12.1. The van der Waals surface area contributed by atoms with Gasteiger partial charge in [0, 0.05) is 29.4 Å². The van der Waals surface area contributed by atoms with E-state index in [0.717, 1.165) is 5.65 Å². The van der Waals surface area contributed by atoms with Gasteiger partial charge < -0.3 is 4.57 Å². The highest BCUT2D eigenvalue weighted by Gasteiger charge is 2.10. The molecule has 2 heterocycles. The van der Waals surface area contributed by atoms with Gasteiger partial charge in [0.15, 0.2) is 0 Å². The number of hydrogen-bond donors (Lipinski definition) is 0. The number of fused-ring (bicyclic) bond motifs is 5. The summed E-state index contributed by atoms with van der Waals surface area (Å²) < 4.78 is 2.19. The molecular formula is C16H12N2. The van der Waals surface area contributed by atoms with Crippen molar-refractivity contribution in [2.24, 2.45) is 7.05 Å². The molecule has 0 N–H and O–H groups in total. The Labute approximate surface area is 104 Å². The van der Waals surface area contributed by atoms with Crippen LogP contribution in [0.25, 0.3) is 32.7 Å². The molecule has 2 aromatic heterocycles. The van der Waals surface area contributed by atoms with Crippen molar-refractivity contribution in [3.63, 3.8) is 0 Å². The number of benzene rings is 2. The van der Waals surface area contributed by atoms with Crippen molar-refractivity contribution in [1.82, 2.24) is 9.55 Å². The largest absolute Gasteiger partial charge is 0.328 e. The smallest absolute Gasteiger partial charge is 0.140 e. The van der Waals surface area contributed by atoms with E-state index in [1.54, 1.807) is 0 Å². The molecule has 2 aromatic carbocycles. The minimum Gasteiger partial charge on any atom is -0.328 e. The topological polar surface area (TPSA) is 17.8 Å². The Morgan fingerprint density at radius 3 is 2.61 bits per heavy atom. The van der Waals surface area contributed by atoms with E-state index in [1.165, 1.54) is 27.1 Å². The molecule has 2 nitrogen and oxygen atoms in total. The van der Waals surface area contributed by atoms with Crippen molar-refractivity contribution >= 4 is 32.7 Å². The zero-order valence-corrected chi connectivity index (χ0v) is 10.1. The standard InChI is InChI=1S/C16H12N2/c1-18-15-12-6-3-2-5-11(12)8-9-13(15)14-7-4-10-17-16(14)18/h2-10H,1H3. The molecule has 18 heavy (non-hydrogen) atoms. The summed E-state index contributed by atoms with van der Waals surface area (Å²) in [7, 11) is 2.09. The first-order valence-electron chi connectivity index (χ1n) is 6.07. The Bertz CT molecular complexity index is 887. The summed E-state index contributed by atoms with van der Waals surface area (Å²) in [6.07, 6.45) is 1.85. The van der Waals surface area contributed by atoms with E-state index in [4.69, 9.17) is 0 Å². The van der Waals surface area contributed by atoms with E-state index in [2.05, 4.69) is 59.1 Å². The van der Waals surface area contributed by atoms with Crippen LogP contribution in [0.3, 0.4) is 0 Å². The first kappa shape index (κ1) is 9.66. The molecule has 0 saturated heterocycles. The lowest BCUT2D eigenvalue weighted by molar-refractivity contribution is 0.993. The molecule has 2 heteroatoms. The van der Waals surface area contributed by atoms with E-state index in [-0.39, 0.29) is 0 Å². The molecule has 0 aliphatic carbocycles. The van der Waals surface area contributed by atoms with Crippen molar-refractivity contribution < 1.29 is 0 Å². The van der Waals surface area contributed by atoms with Crippen LogP contribution in [-0.4, -0.2) is 9.55 Å². The van der Waals surface area contributed by atoms with Gasteiger partial charge in [-0.15, -0.1) is 0 Å². The Morgan fingerprint density at radius 1 is 0.833 bits per heavy atom. The third-order valence-corrected chi connectivity index (χ3v) is 3.63. The summed E-state index contributed by atoms with van der Waals surface area (Å²) in [6, 6.07) is 17.0. The maximum absolute atomic E-state index is 4.49. The summed E-state index contributed by atoms with van der Waals surface area (Å²) in [5.41, 5.74) is 2.31. The van der Waals surface area contributed by atoms with E-state index in [1.807, 2.05) is 12.3 Å². The lowest BCUT2D eigenvalue weighted by Gasteiger charge is -2.02. The lowest BCUT2D eigenvalue weighted by Crippen LogP contribution is -1.89. The average Bonchev–Trinajstić information content (AvgIpc) is 2.73. The van der Waals surface area contributed by atoms with Gasteiger partial charge in [0.2, 0.25) is 0 Å². The second-order valence-electron chi connectivity index (χ2n) is 4.62. The van der Waals surface area contributed by atoms with Crippen molar-refractivity contribution in [3.8, 4) is 0 Å². The van der Waals surface area contributed by atoms with E-state index >= 15 is 0 Å². The van der Waals surface area contributed by atoms with Gasteiger partial charge in [0.05, 0.1) is 5.52 Å². The van der Waals surface area contributed by atoms with Crippen LogP contribution in [0.2, 0.25) is 0 Å². The molecule has 0 aliphatic heterocycles. The molecule has 4 aromatic rings. The van der Waals surface area contributed by atoms with Crippen LogP contribution in [0.5, 0.6) is 0 Å². The summed E-state index contributed by atoms with van der Waals surface area (Å²) in [5, 5.41) is 5.06. The van der Waals surface area contributed by atoms with Gasteiger partial charge >= 0.3 is 0 Å². The maximum Gasteiger partial charge on any atom is 0.140 e. The number of pyridine rings is 1. The Morgan fingerprint density at radius 2 is 1.67 bits per heavy atom. The van der Waals surface area contributed by atoms with E-state index in [0.29, 0.717) is 0 Å². The molecule has 0 unspecified atom stereocenters. The van der Waals surface area contributed by atoms with Gasteiger partial charge in [0.1, 0.15) is 5.65 Å². The van der Waals surface area contributed by atoms with Gasteiger partial charge in [-0.25, -0.2) is 4.98 Å². The zero-order valence-electron chi connectivity index (χ0n) is 10.1. The molecule has 4 rings (SSSR count). The van der Waals surface area contributed by atoms with Crippen molar-refractivity contribution in [2.45, 2.75) is 0 Å². The Balaban J connectivity index is 2.39. The molecular weight excluding hydrogens is 220 g/mol. The minimum atomic E-state index is 1.05. The Kier molecular flexibility index (Phi) is 1.78. The maximum atomic E-state index is 4.49. The molecule has 0 bridgehead atoms. The monoisotopic (exact) mass is 232 g/mol. The normalized spacial score (nSPS) is 11.6. The SMILES string of the molecule is Cn1c2ncccc2c2ccc3ccccc3c21. The van der Waals surface area contributed by atoms with Gasteiger partial charge in [-0.1, -0.05) is 36.4 Å². The molecule has 86 valence electrons. The first-order valence-corrected chi connectivity index (χ1v) is 6.07. The summed E-state index contributed by atoms with van der Waals surface area (Å²) >= 11 is 0. The van der Waals surface area contributed by atoms with E-state index < -0.39 is 0 Å². The first-order chi connectivity index (χ1) is 8.86. The number of rotatable bonds is 0. The number of aromatic nitrogens is 2. The van der Waals surface area contributed by atoms with Crippen molar-refractivity contribution in [1.29, 1.82) is 0 Å². The summed E-state index contributed by atoms with van der Waals surface area (Å²) in [4.78, 5) is 4.49. The fourth-order valence-electron chi connectivity index (χ4n) is 2.81. The van der Waals surface area contributed by atoms with Gasteiger partial charge in [-0.05, 0) is 17.5 Å². The molecule has 0 atom stereocenters. The third kappa shape index (κ3) is 1.10. The molecule has 0 saturated carbocycles. The van der Waals surface area contributed by atoms with E-state index in [9.17, 15) is 0 Å². The fraction of sp³-hybridized carbons (Fsp3) is 0.0625. The average molecular weight is 232 g/mol. The Hall–Kier alpha value is -2.35. The van der Waals surface area contributed by atoms with Crippen molar-refractivity contribution in [3.05, 3.63) is 54.7 Å². The third-order valence-electron chi connectivity index (χ3n) is 3.63. The van der Waals surface area contributed by atoms with Crippen LogP contribution in [0.4, 0.5) is 0 Å². The van der Waals surface area contributed by atoms with Crippen LogP contribution in [0, 0.1) is 0 Å². The van der Waals surface area contributed by atoms with Gasteiger partial charge in [0.25, 0.3) is 0 Å². The number of hydrogen-bond acceptors (Lipinski definition) is 1. The van der Waals surface area contributed by atoms with Crippen LogP contribution in [-0.2, 0) is 7.05 Å². The second kappa shape index (κ2) is 3.33. The van der Waals surface area contributed by atoms with Crippen LogP contribution in [0.1, 0.15) is 0 Å². The summed E-state index contributed by atoms with van der Waals surface area (Å²) in [6.45, 7) is 0. The van der Waals surface area contributed by atoms with Crippen LogP contribution in [0.15, 0.2) is 54.7 Å². The second-order valence-corrected chi connectivity index (χ2v) is 4.62. The van der Waals surface area contributed by atoms with Gasteiger partial charge in [-0.3, -0.25) is 0 Å². The van der Waals surface area contributed by atoms with Crippen LogP contribution >= 0.6 is 0 Å². The molecule has 0 radical (unpaired) electrons. The predicted octanol–water partition coefficient (Wildman–Crippen LogP) is 3.88. The highest BCUT2D eigenvalue weighted by molar-refractivity contribution is 6.16. The van der Waals surface area contributed by atoms with Crippen LogP contribution < -0.4 is 0 Å². The minimum absolute atomic E-state index is 1.05. The lowest BCUT2D eigenvalue weighted by atomic mass is 10.1. The highest BCUT2D eigenvalue weighted by Crippen LogP contribution is 2.32. The number of nitrogens with zero attached hydrogens (tertiary/aromatic N) is 2. The number of aryl methyl sites for hydroxylation is 1. The quantitative estimate of drug-likeness (QED) is 0.450. The molecule has 0 aliphatic rings. The fourth-order valence-corrected chi connectivity index (χ4v) is 2.81. The predicted molar refractivity (Wildman–Crippen MR) is 75.7 cm³/mol. The van der Waals surface area contributed by atoms with Crippen molar-refractivity contribution in [2.75, 3.05) is 0 Å². The molecule has 0 spiro atoms. The highest BCUT2D eigenvalue weighted by atomic mass is 15.0. The summed E-state index contributed by atoms with van der Waals surface area (Å²) in [5.74, 6) is 0. The van der Waals surface area contributed by atoms with Gasteiger partial charge in [-0.2, -0.15) is 0 Å². The molecule has 0 fully saturated rings.